The summed E-state index contributed by atoms with van der Waals surface area (Å²) in [5.74, 6) is -0.0787. The summed E-state index contributed by atoms with van der Waals surface area (Å²) >= 11 is 0. The standard InChI is InChI=1S/C7H10.C5H10N2O.2C2H6/c1-3-5-7-6-4-2;6-5(8)4-1-2-7-3-4;2*1-2/h3-7H,1H2,2H3;4,7H,1-3H2,(H2,6,8);2*1-2H3/b6-4-,7-5-;;;. The molecule has 1 unspecified atom stereocenters. The lowest BCUT2D eigenvalue weighted by Gasteiger charge is -1.98. The van der Waals surface area contributed by atoms with E-state index in [-0.39, 0.29) is 11.8 Å². The van der Waals surface area contributed by atoms with Gasteiger partial charge in [0, 0.05) is 6.54 Å². The maximum absolute atomic E-state index is 10.4. The normalized spacial score (nSPS) is 16.6. The summed E-state index contributed by atoms with van der Waals surface area (Å²) in [4.78, 5) is 10.4. The summed E-state index contributed by atoms with van der Waals surface area (Å²) in [5, 5.41) is 3.05. The Morgan fingerprint density at radius 1 is 1.21 bits per heavy atom. The van der Waals surface area contributed by atoms with Gasteiger partial charge >= 0.3 is 0 Å². The quantitative estimate of drug-likeness (QED) is 0.770. The van der Waals surface area contributed by atoms with E-state index in [1.54, 1.807) is 6.08 Å². The van der Waals surface area contributed by atoms with Gasteiger partial charge in [0.2, 0.25) is 5.91 Å². The van der Waals surface area contributed by atoms with Gasteiger partial charge in [-0.15, -0.1) is 0 Å². The van der Waals surface area contributed by atoms with Crippen molar-refractivity contribution in [2.24, 2.45) is 11.7 Å². The second-order valence-electron chi connectivity index (χ2n) is 3.24. The molecule has 0 aromatic heterocycles. The summed E-state index contributed by atoms with van der Waals surface area (Å²) in [6.07, 6.45) is 10.4. The highest BCUT2D eigenvalue weighted by Gasteiger charge is 2.18. The van der Waals surface area contributed by atoms with Gasteiger partial charge in [-0.2, -0.15) is 0 Å². The highest BCUT2D eigenvalue weighted by molar-refractivity contribution is 5.77. The Morgan fingerprint density at radius 2 is 1.79 bits per heavy atom. The molecule has 3 heteroatoms. The van der Waals surface area contributed by atoms with Crippen LogP contribution in [0, 0.1) is 5.92 Å². The lowest BCUT2D eigenvalue weighted by molar-refractivity contribution is -0.121. The molecule has 1 atom stereocenters. The molecule has 0 aromatic rings. The lowest BCUT2D eigenvalue weighted by Crippen LogP contribution is -2.24. The fourth-order valence-corrected chi connectivity index (χ4v) is 1.15. The van der Waals surface area contributed by atoms with Crippen LogP contribution < -0.4 is 11.1 Å². The molecule has 0 radical (unpaired) electrons. The van der Waals surface area contributed by atoms with Gasteiger partial charge in [0.1, 0.15) is 0 Å². The van der Waals surface area contributed by atoms with E-state index in [4.69, 9.17) is 5.73 Å². The van der Waals surface area contributed by atoms with Crippen molar-refractivity contribution in [3.05, 3.63) is 37.0 Å². The van der Waals surface area contributed by atoms with Crippen LogP contribution in [0.15, 0.2) is 37.0 Å². The van der Waals surface area contributed by atoms with E-state index in [1.807, 2.05) is 58.9 Å². The average molecular weight is 268 g/mol. The van der Waals surface area contributed by atoms with Crippen LogP contribution in [0.4, 0.5) is 0 Å². The number of nitrogens with two attached hydrogens (primary N) is 1. The number of hydrogen-bond donors (Lipinski definition) is 2. The summed E-state index contributed by atoms with van der Waals surface area (Å²) in [7, 11) is 0. The largest absolute Gasteiger partial charge is 0.369 e. The predicted molar refractivity (Wildman–Crippen MR) is 87.0 cm³/mol. The second kappa shape index (κ2) is 21.9. The molecule has 0 aliphatic carbocycles. The first-order chi connectivity index (χ1) is 9.22. The first-order valence-electron chi connectivity index (χ1n) is 7.12. The van der Waals surface area contributed by atoms with Gasteiger partial charge < -0.3 is 11.1 Å². The molecule has 1 rings (SSSR count). The van der Waals surface area contributed by atoms with Gasteiger partial charge in [0.15, 0.2) is 0 Å². The van der Waals surface area contributed by atoms with Crippen molar-refractivity contribution in [2.75, 3.05) is 13.1 Å². The van der Waals surface area contributed by atoms with Crippen molar-refractivity contribution < 1.29 is 4.79 Å². The van der Waals surface area contributed by atoms with Gasteiger partial charge in [-0.1, -0.05) is 64.7 Å². The molecule has 0 saturated carbocycles. The van der Waals surface area contributed by atoms with E-state index in [2.05, 4.69) is 11.9 Å². The minimum Gasteiger partial charge on any atom is -0.369 e. The molecule has 1 fully saturated rings. The third-order valence-corrected chi connectivity index (χ3v) is 2.01. The van der Waals surface area contributed by atoms with Crippen LogP contribution in [0.5, 0.6) is 0 Å². The van der Waals surface area contributed by atoms with Gasteiger partial charge in [0.05, 0.1) is 5.92 Å². The van der Waals surface area contributed by atoms with E-state index in [1.165, 1.54) is 0 Å². The molecule has 1 aliphatic rings. The van der Waals surface area contributed by atoms with Crippen LogP contribution in [0.25, 0.3) is 0 Å². The van der Waals surface area contributed by atoms with Crippen LogP contribution in [0.1, 0.15) is 41.0 Å². The number of carbonyl (C=O) groups is 1. The predicted octanol–water partition coefficient (Wildman–Crippen LogP) is 3.44. The van der Waals surface area contributed by atoms with Gasteiger partial charge in [-0.3, -0.25) is 4.79 Å². The van der Waals surface area contributed by atoms with Crippen molar-refractivity contribution in [2.45, 2.75) is 41.0 Å². The SMILES string of the molecule is C=C/C=C\C=C/C.CC.CC.NC(=O)C1CCNC1. The highest BCUT2D eigenvalue weighted by Crippen LogP contribution is 2.04. The number of hydrogen-bond acceptors (Lipinski definition) is 2. The van der Waals surface area contributed by atoms with Gasteiger partial charge in [0.25, 0.3) is 0 Å². The number of carbonyl (C=O) groups excluding carboxylic acids is 1. The highest BCUT2D eigenvalue weighted by atomic mass is 16.1. The monoisotopic (exact) mass is 268 g/mol. The maximum atomic E-state index is 10.4. The molecule has 1 heterocycles. The molecule has 0 aromatic carbocycles. The summed E-state index contributed by atoms with van der Waals surface area (Å²) in [6.45, 7) is 15.2. The Labute approximate surface area is 119 Å². The van der Waals surface area contributed by atoms with Crippen molar-refractivity contribution in [1.82, 2.24) is 5.32 Å². The molecule has 3 nitrogen and oxygen atoms in total. The van der Waals surface area contributed by atoms with Crippen molar-refractivity contribution in [1.29, 1.82) is 0 Å². The third-order valence-electron chi connectivity index (χ3n) is 2.01. The minimum atomic E-state index is -0.171. The van der Waals surface area contributed by atoms with Crippen LogP contribution in [0.2, 0.25) is 0 Å². The van der Waals surface area contributed by atoms with E-state index in [9.17, 15) is 4.79 Å². The number of nitrogens with one attached hydrogen (secondary N) is 1. The smallest absolute Gasteiger partial charge is 0.221 e. The summed E-state index contributed by atoms with van der Waals surface area (Å²) in [5.41, 5.74) is 5.02. The summed E-state index contributed by atoms with van der Waals surface area (Å²) < 4.78 is 0. The van der Waals surface area contributed by atoms with Gasteiger partial charge in [-0.25, -0.2) is 0 Å². The van der Waals surface area contributed by atoms with Crippen LogP contribution in [0.3, 0.4) is 0 Å². The molecular weight excluding hydrogens is 236 g/mol. The van der Waals surface area contributed by atoms with Crippen molar-refractivity contribution >= 4 is 5.91 Å². The zero-order valence-electron chi connectivity index (χ0n) is 13.3. The molecule has 0 spiro atoms. The number of rotatable bonds is 3. The second-order valence-corrected chi connectivity index (χ2v) is 3.24. The van der Waals surface area contributed by atoms with E-state index in [0.29, 0.717) is 0 Å². The fourth-order valence-electron chi connectivity index (χ4n) is 1.15. The van der Waals surface area contributed by atoms with Gasteiger partial charge in [-0.05, 0) is 19.9 Å². The average Bonchev–Trinajstić information content (AvgIpc) is 2.99. The topological polar surface area (TPSA) is 55.1 Å². The van der Waals surface area contributed by atoms with Crippen LogP contribution in [-0.4, -0.2) is 19.0 Å². The Morgan fingerprint density at radius 3 is 2.05 bits per heavy atom. The minimum absolute atomic E-state index is 0.0926. The molecular formula is C16H32N2O. The molecule has 0 bridgehead atoms. The molecule has 1 saturated heterocycles. The van der Waals surface area contributed by atoms with E-state index >= 15 is 0 Å². The summed E-state index contributed by atoms with van der Waals surface area (Å²) in [6, 6.07) is 0. The zero-order chi connectivity index (χ0) is 15.5. The maximum Gasteiger partial charge on any atom is 0.221 e. The Kier molecular flexibility index (Phi) is 26.3. The number of primary amides is 1. The third kappa shape index (κ3) is 19.2. The Balaban J connectivity index is -0.000000215. The molecule has 1 amide bonds. The van der Waals surface area contributed by atoms with E-state index < -0.39 is 0 Å². The Hall–Kier alpha value is -1.35. The van der Waals surface area contributed by atoms with E-state index in [0.717, 1.165) is 19.5 Å². The number of allylic oxidation sites excluding steroid dienone is 5. The van der Waals surface area contributed by atoms with Crippen LogP contribution >= 0.6 is 0 Å². The molecule has 1 aliphatic heterocycles. The number of amides is 1. The van der Waals surface area contributed by atoms with Crippen LogP contribution in [-0.2, 0) is 4.79 Å². The Bertz CT molecular complexity index is 239. The first-order valence-corrected chi connectivity index (χ1v) is 7.12. The zero-order valence-corrected chi connectivity index (χ0v) is 13.3. The molecule has 3 N–H and O–H groups in total. The molecule has 19 heavy (non-hydrogen) atoms. The van der Waals surface area contributed by atoms with Crippen molar-refractivity contribution in [3.63, 3.8) is 0 Å². The lowest BCUT2D eigenvalue weighted by atomic mass is 10.1. The van der Waals surface area contributed by atoms with Crippen molar-refractivity contribution in [3.8, 4) is 0 Å². The fraction of sp³-hybridized carbons (Fsp3) is 0.562. The molecule has 112 valence electrons. The first kappa shape index (κ1) is 22.8.